The molecule has 6 heteroatoms. The van der Waals surface area contributed by atoms with Crippen LogP contribution in [0.5, 0.6) is 0 Å². The Morgan fingerprint density at radius 2 is 1.85 bits per heavy atom. The number of carbonyl (C=O) groups is 3. The number of carbonyl (C=O) groups excluding carboxylic acids is 2. The van der Waals surface area contributed by atoms with Crippen LogP contribution in [0.25, 0.3) is 0 Å². The summed E-state index contributed by atoms with van der Waals surface area (Å²) >= 11 is 0. The van der Waals surface area contributed by atoms with Crippen LogP contribution in [0.4, 0.5) is 0 Å². The fraction of sp³-hybridized carbons (Fsp3) is 0.571. The van der Waals surface area contributed by atoms with E-state index in [2.05, 4.69) is 5.32 Å². The lowest BCUT2D eigenvalue weighted by molar-refractivity contribution is -0.142. The van der Waals surface area contributed by atoms with Gasteiger partial charge in [-0.15, -0.1) is 0 Å². The quantitative estimate of drug-likeness (QED) is 0.695. The van der Waals surface area contributed by atoms with Gasteiger partial charge in [-0.2, -0.15) is 0 Å². The highest BCUT2D eigenvalue weighted by molar-refractivity contribution is 5.81. The van der Waals surface area contributed by atoms with Gasteiger partial charge in [0.05, 0.1) is 5.92 Å². The van der Waals surface area contributed by atoms with Crippen LogP contribution in [0, 0.1) is 11.8 Å². The molecule has 0 aliphatic carbocycles. The van der Waals surface area contributed by atoms with Crippen LogP contribution in [-0.2, 0) is 20.8 Å². The largest absolute Gasteiger partial charge is 0.481 e. The van der Waals surface area contributed by atoms with Crippen molar-refractivity contribution in [2.24, 2.45) is 11.8 Å². The van der Waals surface area contributed by atoms with Gasteiger partial charge in [-0.1, -0.05) is 43.7 Å². The Morgan fingerprint density at radius 3 is 2.44 bits per heavy atom. The Balaban J connectivity index is 1.71. The van der Waals surface area contributed by atoms with Crippen molar-refractivity contribution in [3.05, 3.63) is 35.9 Å². The Hall–Kier alpha value is -2.37. The summed E-state index contributed by atoms with van der Waals surface area (Å²) in [6, 6.07) is 9.94. The van der Waals surface area contributed by atoms with Gasteiger partial charge in [0, 0.05) is 32.0 Å². The molecule has 1 aliphatic rings. The maximum absolute atomic E-state index is 12.4. The maximum Gasteiger partial charge on any atom is 0.308 e. The van der Waals surface area contributed by atoms with E-state index in [4.69, 9.17) is 5.11 Å². The molecule has 1 aromatic rings. The van der Waals surface area contributed by atoms with E-state index in [1.54, 1.807) is 0 Å². The Kier molecular flexibility index (Phi) is 8.30. The average molecular weight is 374 g/mol. The summed E-state index contributed by atoms with van der Waals surface area (Å²) in [4.78, 5) is 37.7. The Bertz CT molecular complexity index is 624. The number of hydrogen-bond donors (Lipinski definition) is 2. The fourth-order valence-electron chi connectivity index (χ4n) is 3.47. The number of aliphatic carboxylic acids is 1. The van der Waals surface area contributed by atoms with Crippen molar-refractivity contribution in [1.29, 1.82) is 0 Å². The van der Waals surface area contributed by atoms with E-state index in [0.717, 1.165) is 18.4 Å². The molecular weight excluding hydrogens is 344 g/mol. The summed E-state index contributed by atoms with van der Waals surface area (Å²) in [5.41, 5.74) is 1.15. The molecule has 1 fully saturated rings. The third kappa shape index (κ3) is 6.70. The molecule has 148 valence electrons. The third-order valence-electron chi connectivity index (χ3n) is 5.20. The van der Waals surface area contributed by atoms with E-state index in [9.17, 15) is 14.4 Å². The van der Waals surface area contributed by atoms with Gasteiger partial charge < -0.3 is 15.3 Å². The molecule has 2 rings (SSSR count). The minimum atomic E-state index is -0.865. The molecule has 1 aliphatic heterocycles. The molecule has 2 amide bonds. The number of carboxylic acid groups (broad SMARTS) is 1. The first-order valence-electron chi connectivity index (χ1n) is 9.83. The first-order chi connectivity index (χ1) is 13.0. The fourth-order valence-corrected chi connectivity index (χ4v) is 3.47. The van der Waals surface area contributed by atoms with E-state index in [1.807, 2.05) is 42.2 Å². The van der Waals surface area contributed by atoms with Crippen LogP contribution in [0.3, 0.4) is 0 Å². The topological polar surface area (TPSA) is 86.7 Å². The monoisotopic (exact) mass is 374 g/mol. The highest BCUT2D eigenvalue weighted by Gasteiger charge is 2.28. The molecule has 1 heterocycles. The number of hydrogen-bond acceptors (Lipinski definition) is 3. The van der Waals surface area contributed by atoms with Crippen molar-refractivity contribution in [2.75, 3.05) is 19.6 Å². The van der Waals surface area contributed by atoms with Gasteiger partial charge in [-0.3, -0.25) is 14.4 Å². The number of carboxylic acids is 1. The molecule has 1 atom stereocenters. The van der Waals surface area contributed by atoms with Crippen LogP contribution in [0.1, 0.15) is 44.6 Å². The molecule has 1 unspecified atom stereocenters. The lowest BCUT2D eigenvalue weighted by Gasteiger charge is -2.31. The lowest BCUT2D eigenvalue weighted by Crippen LogP contribution is -2.44. The van der Waals surface area contributed by atoms with E-state index < -0.39 is 11.9 Å². The number of rotatable bonds is 9. The van der Waals surface area contributed by atoms with Crippen molar-refractivity contribution in [1.82, 2.24) is 10.2 Å². The summed E-state index contributed by atoms with van der Waals surface area (Å²) in [6.07, 6.45) is 3.81. The first kappa shape index (κ1) is 20.9. The normalized spacial score (nSPS) is 16.0. The van der Waals surface area contributed by atoms with Crippen molar-refractivity contribution < 1.29 is 19.5 Å². The van der Waals surface area contributed by atoms with Crippen molar-refractivity contribution in [2.45, 2.75) is 45.4 Å². The van der Waals surface area contributed by atoms with Gasteiger partial charge in [-0.25, -0.2) is 0 Å². The zero-order chi connectivity index (χ0) is 19.6. The van der Waals surface area contributed by atoms with Gasteiger partial charge in [0.2, 0.25) is 11.8 Å². The van der Waals surface area contributed by atoms with Crippen LogP contribution >= 0.6 is 0 Å². The van der Waals surface area contributed by atoms with Gasteiger partial charge in [0.15, 0.2) is 0 Å². The number of nitrogens with zero attached hydrogens (tertiary/aromatic N) is 1. The molecule has 6 nitrogen and oxygen atoms in total. The molecule has 0 spiro atoms. The summed E-state index contributed by atoms with van der Waals surface area (Å²) < 4.78 is 0. The molecular formula is C21H30N2O4. The molecule has 0 bridgehead atoms. The number of aryl methyl sites for hydroxylation is 1. The van der Waals surface area contributed by atoms with Gasteiger partial charge >= 0.3 is 5.97 Å². The second kappa shape index (κ2) is 10.7. The summed E-state index contributed by atoms with van der Waals surface area (Å²) in [6.45, 7) is 3.28. The standard InChI is InChI=1S/C21H30N2O4/c1-2-6-18(21(26)27)15-22-20(25)17-11-13-23(14-12-17)19(24)10-9-16-7-4-3-5-8-16/h3-5,7-8,17-18H,2,6,9-15H2,1H3,(H,22,25)(H,26,27). The second-order valence-corrected chi connectivity index (χ2v) is 7.21. The SMILES string of the molecule is CCCC(CNC(=O)C1CCN(C(=O)CCc2ccccc2)CC1)C(=O)O. The Labute approximate surface area is 160 Å². The van der Waals surface area contributed by atoms with Crippen LogP contribution in [0.2, 0.25) is 0 Å². The van der Waals surface area contributed by atoms with Crippen LogP contribution in [-0.4, -0.2) is 47.4 Å². The maximum atomic E-state index is 12.4. The van der Waals surface area contributed by atoms with Crippen LogP contribution < -0.4 is 5.32 Å². The van der Waals surface area contributed by atoms with Gasteiger partial charge in [0.25, 0.3) is 0 Å². The molecule has 1 saturated heterocycles. The predicted molar refractivity (Wildman–Crippen MR) is 103 cm³/mol. The Morgan fingerprint density at radius 1 is 1.19 bits per heavy atom. The van der Waals surface area contributed by atoms with Gasteiger partial charge in [-0.05, 0) is 31.2 Å². The molecule has 0 saturated carbocycles. The molecule has 27 heavy (non-hydrogen) atoms. The molecule has 0 radical (unpaired) electrons. The molecule has 0 aromatic heterocycles. The number of likely N-dealkylation sites (tertiary alicyclic amines) is 1. The smallest absolute Gasteiger partial charge is 0.308 e. The lowest BCUT2D eigenvalue weighted by atomic mass is 9.95. The van der Waals surface area contributed by atoms with E-state index in [-0.39, 0.29) is 24.3 Å². The number of amides is 2. The zero-order valence-electron chi connectivity index (χ0n) is 16.0. The summed E-state index contributed by atoms with van der Waals surface area (Å²) in [5, 5.41) is 11.9. The van der Waals surface area contributed by atoms with E-state index in [0.29, 0.717) is 38.8 Å². The summed E-state index contributed by atoms with van der Waals surface area (Å²) in [7, 11) is 0. The average Bonchev–Trinajstić information content (AvgIpc) is 2.69. The second-order valence-electron chi connectivity index (χ2n) is 7.21. The van der Waals surface area contributed by atoms with Crippen molar-refractivity contribution >= 4 is 17.8 Å². The highest BCUT2D eigenvalue weighted by Crippen LogP contribution is 2.19. The van der Waals surface area contributed by atoms with E-state index >= 15 is 0 Å². The van der Waals surface area contributed by atoms with Crippen LogP contribution in [0.15, 0.2) is 30.3 Å². The first-order valence-corrected chi connectivity index (χ1v) is 9.83. The molecule has 1 aromatic carbocycles. The number of nitrogens with one attached hydrogen (secondary N) is 1. The minimum absolute atomic E-state index is 0.0891. The summed E-state index contributed by atoms with van der Waals surface area (Å²) in [5.74, 6) is -1.49. The third-order valence-corrected chi connectivity index (χ3v) is 5.20. The number of piperidine rings is 1. The number of benzene rings is 1. The van der Waals surface area contributed by atoms with Crippen molar-refractivity contribution in [3.63, 3.8) is 0 Å². The minimum Gasteiger partial charge on any atom is -0.481 e. The van der Waals surface area contributed by atoms with Crippen molar-refractivity contribution in [3.8, 4) is 0 Å². The van der Waals surface area contributed by atoms with E-state index in [1.165, 1.54) is 0 Å². The highest BCUT2D eigenvalue weighted by atomic mass is 16.4. The predicted octanol–water partition coefficient (Wildman–Crippen LogP) is 2.47. The van der Waals surface area contributed by atoms with Gasteiger partial charge in [0.1, 0.15) is 0 Å². The molecule has 2 N–H and O–H groups in total. The zero-order valence-corrected chi connectivity index (χ0v) is 16.0.